The number of aromatic amines is 1. The molecule has 110 valence electrons. The summed E-state index contributed by atoms with van der Waals surface area (Å²) in [5.41, 5.74) is 4.95. The summed E-state index contributed by atoms with van der Waals surface area (Å²) < 4.78 is 0. The maximum absolute atomic E-state index is 11.5. The van der Waals surface area contributed by atoms with E-state index in [1.54, 1.807) is 6.07 Å². The van der Waals surface area contributed by atoms with Crippen molar-refractivity contribution in [3.63, 3.8) is 0 Å². The number of rotatable bonds is 3. The fourth-order valence-corrected chi connectivity index (χ4v) is 3.21. The molecule has 0 bridgehead atoms. The van der Waals surface area contributed by atoms with E-state index in [2.05, 4.69) is 48.4 Å². The molecular formula is C18H22N2O. The number of hydrogen-bond donors (Lipinski definition) is 2. The molecule has 2 aromatic rings. The van der Waals surface area contributed by atoms with E-state index in [-0.39, 0.29) is 5.56 Å². The first-order chi connectivity index (χ1) is 10.1. The van der Waals surface area contributed by atoms with Gasteiger partial charge in [0.1, 0.15) is 0 Å². The lowest BCUT2D eigenvalue weighted by molar-refractivity contribution is 0.411. The minimum atomic E-state index is 0.00105. The van der Waals surface area contributed by atoms with Crippen LogP contribution in [0.2, 0.25) is 0 Å². The number of hydrogen-bond acceptors (Lipinski definition) is 2. The van der Waals surface area contributed by atoms with E-state index in [4.69, 9.17) is 0 Å². The molecule has 1 aromatic heterocycles. The lowest BCUT2D eigenvalue weighted by atomic mass is 9.90. The van der Waals surface area contributed by atoms with Gasteiger partial charge < -0.3 is 10.3 Å². The van der Waals surface area contributed by atoms with Crippen LogP contribution < -0.4 is 10.9 Å². The molecule has 0 saturated carbocycles. The van der Waals surface area contributed by atoms with Gasteiger partial charge in [-0.1, -0.05) is 35.9 Å². The minimum absolute atomic E-state index is 0.00105. The van der Waals surface area contributed by atoms with Crippen LogP contribution in [0.15, 0.2) is 41.2 Å². The number of nitrogens with one attached hydrogen (secondary N) is 2. The zero-order valence-electron chi connectivity index (χ0n) is 12.6. The Morgan fingerprint density at radius 3 is 2.95 bits per heavy atom. The Labute approximate surface area is 125 Å². The molecule has 0 spiro atoms. The van der Waals surface area contributed by atoms with Crippen molar-refractivity contribution >= 4 is 0 Å². The molecule has 1 unspecified atom stereocenters. The first kappa shape index (κ1) is 14.1. The largest absolute Gasteiger partial charge is 0.326 e. The zero-order valence-corrected chi connectivity index (χ0v) is 12.6. The van der Waals surface area contributed by atoms with Crippen molar-refractivity contribution in [1.82, 2.24) is 10.3 Å². The molecule has 3 heteroatoms. The van der Waals surface area contributed by atoms with E-state index in [0.29, 0.717) is 12.1 Å². The van der Waals surface area contributed by atoms with E-state index >= 15 is 0 Å². The number of pyridine rings is 1. The Morgan fingerprint density at radius 2 is 2.14 bits per heavy atom. The van der Waals surface area contributed by atoms with Gasteiger partial charge in [-0.3, -0.25) is 4.79 Å². The SMILES string of the molecule is Cc1cccc([C@@H](C)NC2CCCc3[nH]c(=O)ccc32)c1. The average Bonchev–Trinajstić information content (AvgIpc) is 2.47. The van der Waals surface area contributed by atoms with Crippen molar-refractivity contribution in [3.8, 4) is 0 Å². The predicted molar refractivity (Wildman–Crippen MR) is 85.5 cm³/mol. The second-order valence-corrected chi connectivity index (χ2v) is 6.00. The quantitative estimate of drug-likeness (QED) is 0.906. The van der Waals surface area contributed by atoms with Gasteiger partial charge in [-0.2, -0.15) is 0 Å². The Kier molecular flexibility index (Phi) is 3.93. The molecule has 2 atom stereocenters. The second kappa shape index (κ2) is 5.86. The summed E-state index contributed by atoms with van der Waals surface area (Å²) >= 11 is 0. The first-order valence-electron chi connectivity index (χ1n) is 7.68. The lowest BCUT2D eigenvalue weighted by Crippen LogP contribution is -2.29. The summed E-state index contributed by atoms with van der Waals surface area (Å²) in [4.78, 5) is 14.4. The minimum Gasteiger partial charge on any atom is -0.326 e. The Balaban J connectivity index is 1.82. The van der Waals surface area contributed by atoms with Gasteiger partial charge in [0.2, 0.25) is 5.56 Å². The molecule has 0 radical (unpaired) electrons. The monoisotopic (exact) mass is 282 g/mol. The van der Waals surface area contributed by atoms with Crippen LogP contribution in [0, 0.1) is 6.92 Å². The van der Waals surface area contributed by atoms with Crippen molar-refractivity contribution in [2.75, 3.05) is 0 Å². The summed E-state index contributed by atoms with van der Waals surface area (Å²) in [6.07, 6.45) is 3.21. The number of fused-ring (bicyclic) bond motifs is 1. The average molecular weight is 282 g/mol. The lowest BCUT2D eigenvalue weighted by Gasteiger charge is -2.29. The summed E-state index contributed by atoms with van der Waals surface area (Å²) in [5.74, 6) is 0. The van der Waals surface area contributed by atoms with Crippen LogP contribution in [0.5, 0.6) is 0 Å². The number of aryl methyl sites for hydroxylation is 2. The molecule has 1 aromatic carbocycles. The molecular weight excluding hydrogens is 260 g/mol. The van der Waals surface area contributed by atoms with Crippen molar-refractivity contribution in [1.29, 1.82) is 0 Å². The molecule has 1 aliphatic rings. The van der Waals surface area contributed by atoms with Gasteiger partial charge in [0.25, 0.3) is 0 Å². The van der Waals surface area contributed by atoms with Gasteiger partial charge in [-0.05, 0) is 44.2 Å². The zero-order chi connectivity index (χ0) is 14.8. The molecule has 0 amide bonds. The second-order valence-electron chi connectivity index (χ2n) is 6.00. The maximum Gasteiger partial charge on any atom is 0.248 e. The molecule has 0 fully saturated rings. The molecule has 3 nitrogen and oxygen atoms in total. The smallest absolute Gasteiger partial charge is 0.248 e. The standard InChI is InChI=1S/C18H22N2O/c1-12-5-3-6-14(11-12)13(2)19-16-7-4-8-17-15(16)9-10-18(21)20-17/h3,5-6,9-11,13,16,19H,4,7-8H2,1-2H3,(H,20,21)/t13-,16?/m1/s1. The number of aromatic nitrogens is 1. The molecule has 0 aliphatic heterocycles. The molecule has 3 rings (SSSR count). The maximum atomic E-state index is 11.5. The van der Waals surface area contributed by atoms with Crippen LogP contribution in [0.25, 0.3) is 0 Å². The third-order valence-electron chi connectivity index (χ3n) is 4.33. The van der Waals surface area contributed by atoms with Gasteiger partial charge in [-0.25, -0.2) is 0 Å². The topological polar surface area (TPSA) is 44.9 Å². The normalized spacial score (nSPS) is 19.0. The fraction of sp³-hybridized carbons (Fsp3) is 0.389. The van der Waals surface area contributed by atoms with Crippen molar-refractivity contribution in [2.45, 2.75) is 45.2 Å². The van der Waals surface area contributed by atoms with Gasteiger partial charge in [-0.15, -0.1) is 0 Å². The highest BCUT2D eigenvalue weighted by Gasteiger charge is 2.22. The number of benzene rings is 1. The van der Waals surface area contributed by atoms with E-state index in [1.807, 2.05) is 6.07 Å². The van der Waals surface area contributed by atoms with Crippen molar-refractivity contribution in [3.05, 3.63) is 69.1 Å². The van der Waals surface area contributed by atoms with Crippen LogP contribution in [0.4, 0.5) is 0 Å². The van der Waals surface area contributed by atoms with Gasteiger partial charge in [0.05, 0.1) is 0 Å². The molecule has 0 saturated heterocycles. The highest BCUT2D eigenvalue weighted by atomic mass is 16.1. The van der Waals surface area contributed by atoms with Crippen molar-refractivity contribution in [2.24, 2.45) is 0 Å². The number of H-pyrrole nitrogens is 1. The molecule has 1 aliphatic carbocycles. The van der Waals surface area contributed by atoms with Crippen LogP contribution in [-0.2, 0) is 6.42 Å². The van der Waals surface area contributed by atoms with E-state index in [1.165, 1.54) is 16.7 Å². The van der Waals surface area contributed by atoms with Crippen LogP contribution in [0.1, 0.15) is 54.2 Å². The van der Waals surface area contributed by atoms with Gasteiger partial charge in [0.15, 0.2) is 0 Å². The molecule has 2 N–H and O–H groups in total. The summed E-state index contributed by atoms with van der Waals surface area (Å²) in [7, 11) is 0. The fourth-order valence-electron chi connectivity index (χ4n) is 3.21. The van der Waals surface area contributed by atoms with Crippen LogP contribution in [0.3, 0.4) is 0 Å². The predicted octanol–water partition coefficient (Wildman–Crippen LogP) is 3.41. The van der Waals surface area contributed by atoms with E-state index in [9.17, 15) is 4.79 Å². The molecule has 1 heterocycles. The Morgan fingerprint density at radius 1 is 1.29 bits per heavy atom. The van der Waals surface area contributed by atoms with Gasteiger partial charge >= 0.3 is 0 Å². The van der Waals surface area contributed by atoms with E-state index < -0.39 is 0 Å². The summed E-state index contributed by atoms with van der Waals surface area (Å²) in [5, 5.41) is 3.72. The van der Waals surface area contributed by atoms with E-state index in [0.717, 1.165) is 25.0 Å². The highest BCUT2D eigenvalue weighted by Crippen LogP contribution is 2.30. The third-order valence-corrected chi connectivity index (χ3v) is 4.33. The van der Waals surface area contributed by atoms with Crippen LogP contribution >= 0.6 is 0 Å². The third kappa shape index (κ3) is 3.08. The van der Waals surface area contributed by atoms with Crippen LogP contribution in [-0.4, -0.2) is 4.98 Å². The summed E-state index contributed by atoms with van der Waals surface area (Å²) in [6, 6.07) is 12.9. The first-order valence-corrected chi connectivity index (χ1v) is 7.68. The van der Waals surface area contributed by atoms with Gasteiger partial charge in [0, 0.05) is 23.8 Å². The summed E-state index contributed by atoms with van der Waals surface area (Å²) in [6.45, 7) is 4.33. The molecule has 21 heavy (non-hydrogen) atoms. The Bertz CT molecular complexity index is 690. The highest BCUT2D eigenvalue weighted by molar-refractivity contribution is 5.28. The Hall–Kier alpha value is -1.87. The van der Waals surface area contributed by atoms with Crippen molar-refractivity contribution < 1.29 is 0 Å².